The molecular weight excluding hydrogens is 322 g/mol. The molecular formula is C19H21NO5. The molecule has 0 fully saturated rings. The van der Waals surface area contributed by atoms with Crippen LogP contribution in [-0.4, -0.2) is 21.7 Å². The van der Waals surface area contributed by atoms with Crippen LogP contribution in [0.15, 0.2) is 50.7 Å². The lowest BCUT2D eigenvalue weighted by Gasteiger charge is -2.26. The third-order valence-electron chi connectivity index (χ3n) is 4.17. The smallest absolute Gasteiger partial charge is 0.290 e. The van der Waals surface area contributed by atoms with Crippen molar-refractivity contribution in [1.29, 1.82) is 0 Å². The van der Waals surface area contributed by atoms with E-state index in [2.05, 4.69) is 0 Å². The molecule has 0 spiro atoms. The number of aliphatic hydroxyl groups excluding tert-OH is 1. The molecule has 25 heavy (non-hydrogen) atoms. The van der Waals surface area contributed by atoms with Crippen molar-refractivity contribution in [2.75, 3.05) is 0 Å². The Hall–Kier alpha value is -2.76. The normalized spacial score (nSPS) is 18.3. The van der Waals surface area contributed by atoms with E-state index in [0.29, 0.717) is 17.3 Å². The van der Waals surface area contributed by atoms with E-state index in [9.17, 15) is 14.7 Å². The molecule has 0 saturated heterocycles. The molecule has 1 N–H and O–H groups in total. The van der Waals surface area contributed by atoms with Gasteiger partial charge in [-0.3, -0.25) is 9.59 Å². The van der Waals surface area contributed by atoms with Gasteiger partial charge in [-0.2, -0.15) is 0 Å². The number of ketones is 1. The molecule has 132 valence electrons. The van der Waals surface area contributed by atoms with E-state index < -0.39 is 23.1 Å². The lowest BCUT2D eigenvalue weighted by molar-refractivity contribution is -0.130. The standard InChI is InChI=1S/C19H21NO5/c1-11-7-8-13(25-11)15-14(17(22)19(2,3)4)16(21)18(23)20(15)10-12-6-5-9-24-12/h5-9,15,21H,10H2,1-4H3. The molecule has 6 nitrogen and oxygen atoms in total. The number of furan rings is 2. The topological polar surface area (TPSA) is 83.9 Å². The fourth-order valence-corrected chi connectivity index (χ4v) is 2.92. The second-order valence-corrected chi connectivity index (χ2v) is 7.20. The summed E-state index contributed by atoms with van der Waals surface area (Å²) in [7, 11) is 0. The van der Waals surface area contributed by atoms with Gasteiger partial charge in [-0.05, 0) is 31.2 Å². The van der Waals surface area contributed by atoms with Crippen molar-refractivity contribution in [3.05, 3.63) is 59.1 Å². The monoisotopic (exact) mass is 343 g/mol. The largest absolute Gasteiger partial charge is 0.503 e. The van der Waals surface area contributed by atoms with Crippen molar-refractivity contribution in [3.63, 3.8) is 0 Å². The van der Waals surface area contributed by atoms with Gasteiger partial charge in [-0.25, -0.2) is 0 Å². The molecule has 2 aromatic rings. The Morgan fingerprint density at radius 2 is 2.00 bits per heavy atom. The van der Waals surface area contributed by atoms with Crippen LogP contribution >= 0.6 is 0 Å². The third-order valence-corrected chi connectivity index (χ3v) is 4.17. The van der Waals surface area contributed by atoms with Crippen LogP contribution in [0.25, 0.3) is 0 Å². The second kappa shape index (κ2) is 5.95. The van der Waals surface area contributed by atoms with E-state index in [1.807, 2.05) is 0 Å². The molecule has 0 saturated carbocycles. The van der Waals surface area contributed by atoms with Crippen molar-refractivity contribution >= 4 is 11.7 Å². The zero-order chi connectivity index (χ0) is 18.4. The lowest BCUT2D eigenvalue weighted by Crippen LogP contribution is -2.32. The first-order valence-corrected chi connectivity index (χ1v) is 8.07. The molecule has 1 amide bonds. The van der Waals surface area contributed by atoms with Gasteiger partial charge in [0.15, 0.2) is 11.5 Å². The van der Waals surface area contributed by atoms with Crippen LogP contribution < -0.4 is 0 Å². The van der Waals surface area contributed by atoms with Crippen LogP contribution in [0.1, 0.15) is 44.1 Å². The van der Waals surface area contributed by atoms with E-state index >= 15 is 0 Å². The van der Waals surface area contributed by atoms with E-state index in [1.54, 1.807) is 52.0 Å². The number of carbonyl (C=O) groups is 2. The summed E-state index contributed by atoms with van der Waals surface area (Å²) < 4.78 is 11.0. The molecule has 6 heteroatoms. The maximum atomic E-state index is 12.9. The first kappa shape index (κ1) is 17.1. The van der Waals surface area contributed by atoms with Crippen LogP contribution in [0.4, 0.5) is 0 Å². The molecule has 3 rings (SSSR count). The molecule has 1 unspecified atom stereocenters. The Kier molecular flexibility index (Phi) is 4.06. The Morgan fingerprint density at radius 3 is 2.52 bits per heavy atom. The summed E-state index contributed by atoms with van der Waals surface area (Å²) in [6, 6.07) is 6.16. The number of hydrogen-bond donors (Lipinski definition) is 1. The Balaban J connectivity index is 2.08. The molecule has 0 aliphatic carbocycles. The van der Waals surface area contributed by atoms with Crippen LogP contribution in [0.3, 0.4) is 0 Å². The van der Waals surface area contributed by atoms with Crippen molar-refractivity contribution < 1.29 is 23.5 Å². The van der Waals surface area contributed by atoms with Gasteiger partial charge in [0.05, 0.1) is 18.4 Å². The molecule has 1 atom stereocenters. The van der Waals surface area contributed by atoms with Crippen LogP contribution in [-0.2, 0) is 16.1 Å². The molecule has 1 aliphatic rings. The molecule has 0 radical (unpaired) electrons. The number of nitrogens with zero attached hydrogens (tertiary/aromatic N) is 1. The predicted molar refractivity (Wildman–Crippen MR) is 89.6 cm³/mol. The average Bonchev–Trinajstić information content (AvgIpc) is 3.23. The molecule has 2 aromatic heterocycles. The van der Waals surface area contributed by atoms with Gasteiger partial charge >= 0.3 is 0 Å². The summed E-state index contributed by atoms with van der Waals surface area (Å²) in [5.41, 5.74) is -0.678. The number of amides is 1. The summed E-state index contributed by atoms with van der Waals surface area (Å²) in [5, 5.41) is 10.4. The Bertz CT molecular complexity index is 836. The fraction of sp³-hybridized carbons (Fsp3) is 0.368. The van der Waals surface area contributed by atoms with Crippen LogP contribution in [0.2, 0.25) is 0 Å². The van der Waals surface area contributed by atoms with Crippen LogP contribution in [0, 0.1) is 12.3 Å². The van der Waals surface area contributed by atoms with E-state index in [-0.39, 0.29) is 17.9 Å². The Labute approximate surface area is 145 Å². The second-order valence-electron chi connectivity index (χ2n) is 7.20. The minimum absolute atomic E-state index is 0.0680. The Morgan fingerprint density at radius 1 is 1.28 bits per heavy atom. The highest BCUT2D eigenvalue weighted by Crippen LogP contribution is 2.42. The predicted octanol–water partition coefficient (Wildman–Crippen LogP) is 3.69. The molecule has 3 heterocycles. The van der Waals surface area contributed by atoms with Crippen molar-refractivity contribution in [1.82, 2.24) is 4.90 Å². The number of aryl methyl sites for hydroxylation is 1. The maximum absolute atomic E-state index is 12.9. The van der Waals surface area contributed by atoms with Gasteiger partial charge in [-0.1, -0.05) is 20.8 Å². The van der Waals surface area contributed by atoms with E-state index in [1.165, 1.54) is 11.2 Å². The number of aliphatic hydroxyl groups is 1. The summed E-state index contributed by atoms with van der Waals surface area (Å²) in [6.45, 7) is 7.16. The highest BCUT2D eigenvalue weighted by Gasteiger charge is 2.47. The van der Waals surface area contributed by atoms with E-state index in [0.717, 1.165) is 0 Å². The maximum Gasteiger partial charge on any atom is 0.290 e. The van der Waals surface area contributed by atoms with Gasteiger partial charge in [0, 0.05) is 5.41 Å². The highest BCUT2D eigenvalue weighted by molar-refractivity contribution is 6.10. The summed E-state index contributed by atoms with van der Waals surface area (Å²) in [5.74, 6) is 0.232. The summed E-state index contributed by atoms with van der Waals surface area (Å²) in [4.78, 5) is 26.9. The minimum Gasteiger partial charge on any atom is -0.503 e. The van der Waals surface area contributed by atoms with Crippen molar-refractivity contribution in [2.45, 2.75) is 40.3 Å². The average molecular weight is 343 g/mol. The van der Waals surface area contributed by atoms with E-state index in [4.69, 9.17) is 8.83 Å². The van der Waals surface area contributed by atoms with Crippen molar-refractivity contribution in [2.24, 2.45) is 5.41 Å². The quantitative estimate of drug-likeness (QED) is 0.915. The van der Waals surface area contributed by atoms with Crippen molar-refractivity contribution in [3.8, 4) is 0 Å². The van der Waals surface area contributed by atoms with Gasteiger partial charge < -0.3 is 18.8 Å². The van der Waals surface area contributed by atoms with Gasteiger partial charge in [-0.15, -0.1) is 0 Å². The first-order valence-electron chi connectivity index (χ1n) is 8.07. The number of rotatable bonds is 4. The molecule has 1 aliphatic heterocycles. The molecule has 0 aromatic carbocycles. The van der Waals surface area contributed by atoms with Crippen LogP contribution in [0.5, 0.6) is 0 Å². The van der Waals surface area contributed by atoms with Gasteiger partial charge in [0.1, 0.15) is 23.3 Å². The number of Topliss-reactive ketones (excluding diaryl/α,β-unsaturated/α-hetero) is 1. The summed E-state index contributed by atoms with van der Waals surface area (Å²) in [6.07, 6.45) is 1.51. The lowest BCUT2D eigenvalue weighted by atomic mass is 9.83. The van der Waals surface area contributed by atoms with Gasteiger partial charge in [0.25, 0.3) is 5.91 Å². The minimum atomic E-state index is -0.780. The van der Waals surface area contributed by atoms with Gasteiger partial charge in [0.2, 0.25) is 0 Å². The molecule has 0 bridgehead atoms. The zero-order valence-corrected chi connectivity index (χ0v) is 14.7. The fourth-order valence-electron chi connectivity index (χ4n) is 2.92. The third kappa shape index (κ3) is 2.99. The SMILES string of the molecule is Cc1ccc(C2C(C(=O)C(C)(C)C)=C(O)C(=O)N2Cc2ccco2)o1. The highest BCUT2D eigenvalue weighted by atomic mass is 16.3. The summed E-state index contributed by atoms with van der Waals surface area (Å²) >= 11 is 0. The number of carbonyl (C=O) groups excluding carboxylic acids is 2. The number of hydrogen-bond acceptors (Lipinski definition) is 5. The first-order chi connectivity index (χ1) is 11.7. The zero-order valence-electron chi connectivity index (χ0n) is 14.7.